The van der Waals surface area contributed by atoms with Crippen LogP contribution in [0.1, 0.15) is 40.0 Å². The fourth-order valence-corrected chi connectivity index (χ4v) is 2.54. The van der Waals surface area contributed by atoms with E-state index in [9.17, 15) is 24.3 Å². The van der Waals surface area contributed by atoms with Crippen LogP contribution in [0.2, 0.25) is 0 Å². The topological polar surface area (TPSA) is 116 Å². The first-order valence-corrected chi connectivity index (χ1v) is 7.83. The molecule has 0 radical (unpaired) electrons. The van der Waals surface area contributed by atoms with Crippen molar-refractivity contribution in [2.24, 2.45) is 0 Å². The lowest BCUT2D eigenvalue weighted by Gasteiger charge is -2.14. The Morgan fingerprint density at radius 1 is 0.923 bits per heavy atom. The van der Waals surface area contributed by atoms with Gasteiger partial charge in [0.2, 0.25) is 0 Å². The number of carboxylic acid groups (broad SMARTS) is 1. The van der Waals surface area contributed by atoms with Crippen LogP contribution >= 0.6 is 0 Å². The molecule has 2 aromatic rings. The Morgan fingerprint density at radius 2 is 1.54 bits per heavy atom. The van der Waals surface area contributed by atoms with Crippen molar-refractivity contribution in [2.45, 2.75) is 25.4 Å². The minimum Gasteiger partial charge on any atom is -0.479 e. The van der Waals surface area contributed by atoms with E-state index in [0.29, 0.717) is 10.8 Å². The third kappa shape index (κ3) is 3.80. The van der Waals surface area contributed by atoms with Crippen molar-refractivity contribution < 1.29 is 38.8 Å². The van der Waals surface area contributed by atoms with E-state index in [0.717, 1.165) is 0 Å². The van der Waals surface area contributed by atoms with Gasteiger partial charge in [-0.3, -0.25) is 0 Å². The second-order valence-corrected chi connectivity index (χ2v) is 5.73. The van der Waals surface area contributed by atoms with Crippen LogP contribution in [0, 0.1) is 0 Å². The number of benzene rings is 2. The van der Waals surface area contributed by atoms with Crippen molar-refractivity contribution in [3.63, 3.8) is 0 Å². The molecule has 4 bridgehead atoms. The second-order valence-electron chi connectivity index (χ2n) is 5.73. The zero-order valence-corrected chi connectivity index (χ0v) is 13.5. The number of aliphatic carboxylic acids is 1. The zero-order valence-electron chi connectivity index (χ0n) is 13.5. The quantitative estimate of drug-likeness (QED) is 0.609. The molecule has 0 amide bonds. The molecule has 3 aliphatic heterocycles. The lowest BCUT2D eigenvalue weighted by atomic mass is 10.0. The van der Waals surface area contributed by atoms with Gasteiger partial charge in [-0.2, -0.15) is 0 Å². The number of rotatable bonds is 1. The van der Waals surface area contributed by atoms with Crippen molar-refractivity contribution >= 4 is 34.6 Å². The number of hydrogen-bond acceptors (Lipinski definition) is 7. The van der Waals surface area contributed by atoms with Crippen LogP contribution in [0.4, 0.5) is 0 Å². The van der Waals surface area contributed by atoms with Crippen molar-refractivity contribution in [3.8, 4) is 0 Å². The number of hydrogen-bond donors (Lipinski definition) is 1. The summed E-state index contributed by atoms with van der Waals surface area (Å²) in [7, 11) is 0. The fraction of sp³-hybridized carbons (Fsp3) is 0.222. The molecule has 0 spiro atoms. The van der Waals surface area contributed by atoms with Crippen LogP contribution in [0.5, 0.6) is 0 Å². The number of carbonyl (C=O) groups excluding carboxylic acids is 3. The molecule has 8 heteroatoms. The monoisotopic (exact) mass is 358 g/mol. The molecular formula is C18H14O8. The van der Waals surface area contributed by atoms with E-state index in [2.05, 4.69) is 9.78 Å². The van der Waals surface area contributed by atoms with E-state index in [4.69, 9.17) is 4.74 Å². The highest BCUT2D eigenvalue weighted by Gasteiger charge is 2.24. The number of carbonyl (C=O) groups is 4. The van der Waals surface area contributed by atoms with Gasteiger partial charge >= 0.3 is 23.9 Å². The summed E-state index contributed by atoms with van der Waals surface area (Å²) >= 11 is 0. The highest BCUT2D eigenvalue weighted by molar-refractivity contribution is 5.99. The van der Waals surface area contributed by atoms with Gasteiger partial charge in [0.05, 0.1) is 17.5 Å². The van der Waals surface area contributed by atoms with Crippen molar-refractivity contribution in [3.05, 3.63) is 47.5 Å². The second kappa shape index (κ2) is 7.22. The van der Waals surface area contributed by atoms with Gasteiger partial charge in [0.1, 0.15) is 0 Å². The third-order valence-electron chi connectivity index (χ3n) is 3.89. The minimum atomic E-state index is -1.40. The van der Waals surface area contributed by atoms with Gasteiger partial charge in [-0.25, -0.2) is 29.0 Å². The first-order valence-electron chi connectivity index (χ1n) is 7.83. The summed E-state index contributed by atoms with van der Waals surface area (Å²) in [6.07, 6.45) is -1.60. The van der Waals surface area contributed by atoms with Crippen LogP contribution in [0.15, 0.2) is 36.4 Å². The van der Waals surface area contributed by atoms with E-state index < -0.39 is 30.0 Å². The Balaban J connectivity index is 1.98. The van der Waals surface area contributed by atoms with Gasteiger partial charge in [-0.15, -0.1) is 0 Å². The van der Waals surface area contributed by atoms with Gasteiger partial charge in [0.25, 0.3) is 0 Å². The van der Waals surface area contributed by atoms with E-state index in [-0.39, 0.29) is 30.4 Å². The molecule has 0 saturated carbocycles. The number of ether oxygens (including phenoxy) is 1. The average Bonchev–Trinajstić information content (AvgIpc) is 2.63. The standard InChI is InChI=1S/C18H14O8/c19-15-3-1-2-14(16(20)21)24-17(22)12-6-4-11-9-13(18(23)26-25-15)7-5-10(11)8-12/h4-9,14H,1-3H2,(H,20,21). The molecule has 0 aromatic heterocycles. The molecule has 0 aliphatic carbocycles. The summed E-state index contributed by atoms with van der Waals surface area (Å²) in [4.78, 5) is 56.0. The minimum absolute atomic E-state index is 0.0768. The first-order chi connectivity index (χ1) is 12.4. The Labute approximate surface area is 147 Å². The maximum Gasteiger partial charge on any atom is 0.386 e. The summed E-state index contributed by atoms with van der Waals surface area (Å²) < 4.78 is 5.04. The Kier molecular flexibility index (Phi) is 4.83. The van der Waals surface area contributed by atoms with Gasteiger partial charge in [0.15, 0.2) is 6.10 Å². The number of fused-ring (bicyclic) bond motifs is 2. The average molecular weight is 358 g/mol. The summed E-state index contributed by atoms with van der Waals surface area (Å²) in [5, 5.41) is 10.5. The fourth-order valence-electron chi connectivity index (χ4n) is 2.54. The molecule has 0 saturated heterocycles. The summed E-state index contributed by atoms with van der Waals surface area (Å²) in [6, 6.07) is 9.18. The van der Waals surface area contributed by atoms with E-state index in [1.807, 2.05) is 0 Å². The largest absolute Gasteiger partial charge is 0.479 e. The van der Waals surface area contributed by atoms with Crippen LogP contribution in [-0.4, -0.2) is 35.1 Å². The van der Waals surface area contributed by atoms with Gasteiger partial charge in [-0.05, 0) is 47.9 Å². The van der Waals surface area contributed by atoms with E-state index >= 15 is 0 Å². The molecule has 1 unspecified atom stereocenters. The Bertz CT molecular complexity index is 901. The molecular weight excluding hydrogens is 344 g/mol. The third-order valence-corrected chi connectivity index (χ3v) is 3.89. The molecule has 8 nitrogen and oxygen atoms in total. The lowest BCUT2D eigenvalue weighted by molar-refractivity contribution is -0.234. The maximum atomic E-state index is 12.2. The van der Waals surface area contributed by atoms with Gasteiger partial charge < -0.3 is 9.84 Å². The van der Waals surface area contributed by atoms with Crippen LogP contribution < -0.4 is 0 Å². The summed E-state index contributed by atoms with van der Waals surface area (Å²) in [5.74, 6) is -3.76. The van der Waals surface area contributed by atoms with Crippen molar-refractivity contribution in [1.82, 2.24) is 0 Å². The Morgan fingerprint density at radius 3 is 2.15 bits per heavy atom. The SMILES string of the molecule is O=C1CCCC(C(=O)O)OC(=O)c2ccc3cc(ccc3c2)C(=O)OO1. The van der Waals surface area contributed by atoms with Gasteiger partial charge in [-0.1, -0.05) is 12.1 Å². The molecule has 26 heavy (non-hydrogen) atoms. The smallest absolute Gasteiger partial charge is 0.386 e. The van der Waals surface area contributed by atoms with Crippen LogP contribution in [-0.2, 0) is 24.1 Å². The van der Waals surface area contributed by atoms with Crippen LogP contribution in [0.3, 0.4) is 0 Å². The first kappa shape index (κ1) is 17.4. The molecule has 5 rings (SSSR count). The van der Waals surface area contributed by atoms with Gasteiger partial charge in [0, 0.05) is 0 Å². The Hall–Kier alpha value is -3.42. The lowest BCUT2D eigenvalue weighted by Crippen LogP contribution is -2.27. The van der Waals surface area contributed by atoms with Crippen molar-refractivity contribution in [1.29, 1.82) is 0 Å². The summed E-state index contributed by atoms with van der Waals surface area (Å²) in [6.45, 7) is 0. The molecule has 0 fully saturated rings. The summed E-state index contributed by atoms with van der Waals surface area (Å²) in [5.41, 5.74) is 0.365. The molecule has 1 atom stereocenters. The molecule has 2 aromatic carbocycles. The highest BCUT2D eigenvalue weighted by Crippen LogP contribution is 2.20. The predicted molar refractivity (Wildman–Crippen MR) is 86.1 cm³/mol. The molecule has 1 N–H and O–H groups in total. The highest BCUT2D eigenvalue weighted by atomic mass is 17.2. The van der Waals surface area contributed by atoms with Crippen LogP contribution in [0.25, 0.3) is 10.8 Å². The van der Waals surface area contributed by atoms with E-state index in [1.165, 1.54) is 24.3 Å². The molecule has 134 valence electrons. The van der Waals surface area contributed by atoms with Crippen molar-refractivity contribution in [2.75, 3.05) is 0 Å². The molecule has 3 aliphatic rings. The zero-order chi connectivity index (χ0) is 18.7. The maximum absolute atomic E-state index is 12.2. The normalized spacial score (nSPS) is 18.6. The molecule has 3 heterocycles. The predicted octanol–water partition coefficient (Wildman–Crippen LogP) is 2.25. The number of esters is 1. The number of carboxylic acids is 1. The van der Waals surface area contributed by atoms with E-state index in [1.54, 1.807) is 12.1 Å².